The van der Waals surface area contributed by atoms with Gasteiger partial charge in [-0.25, -0.2) is 4.39 Å². The number of nitrogens with zero attached hydrogens (tertiary/aromatic N) is 2. The third kappa shape index (κ3) is 3.39. The molecule has 1 saturated heterocycles. The number of rotatable bonds is 3. The van der Waals surface area contributed by atoms with Gasteiger partial charge in [-0.2, -0.15) is 11.8 Å². The van der Waals surface area contributed by atoms with Crippen molar-refractivity contribution in [2.24, 2.45) is 0 Å². The molecule has 0 saturated carbocycles. The molecule has 0 spiro atoms. The first-order chi connectivity index (χ1) is 12.7. The molecule has 0 bridgehead atoms. The lowest BCUT2D eigenvalue weighted by atomic mass is 10.1. The average Bonchev–Trinajstić information content (AvgIpc) is 3.29. The number of amides is 1. The summed E-state index contributed by atoms with van der Waals surface area (Å²) < 4.78 is 24.5. The third-order valence-corrected chi connectivity index (χ3v) is 5.68. The standard InChI is InChI=1S/C19H17FN2O3S/c20-14-5-2-1-4-13(14)18-7-8-22(9-11-26-18)19(23)15-12-17(25-21-15)16-6-3-10-24-16/h1-6,10,12,18H,7-9,11H2/t18-/m1/s1. The molecule has 134 valence electrons. The maximum Gasteiger partial charge on any atom is 0.276 e. The van der Waals surface area contributed by atoms with Crippen molar-refractivity contribution in [3.8, 4) is 11.5 Å². The van der Waals surface area contributed by atoms with Crippen molar-refractivity contribution in [3.63, 3.8) is 0 Å². The Hall–Kier alpha value is -2.54. The van der Waals surface area contributed by atoms with Crippen molar-refractivity contribution in [1.82, 2.24) is 10.1 Å². The zero-order chi connectivity index (χ0) is 17.9. The minimum atomic E-state index is -0.190. The van der Waals surface area contributed by atoms with Crippen LogP contribution in [0, 0.1) is 5.82 Å². The number of hydrogen-bond acceptors (Lipinski definition) is 5. The van der Waals surface area contributed by atoms with Crippen LogP contribution in [0.2, 0.25) is 0 Å². The first kappa shape index (κ1) is 16.9. The quantitative estimate of drug-likeness (QED) is 0.682. The molecule has 0 unspecified atom stereocenters. The van der Waals surface area contributed by atoms with Crippen molar-refractivity contribution >= 4 is 17.7 Å². The molecule has 4 rings (SSSR count). The van der Waals surface area contributed by atoms with Gasteiger partial charge in [-0.05, 0) is 24.6 Å². The number of halogens is 1. The maximum atomic E-state index is 14.0. The van der Waals surface area contributed by atoms with Crippen LogP contribution in [0.1, 0.15) is 27.7 Å². The summed E-state index contributed by atoms with van der Waals surface area (Å²) in [7, 11) is 0. The highest BCUT2D eigenvalue weighted by Gasteiger charge is 2.26. The first-order valence-corrected chi connectivity index (χ1v) is 9.43. The summed E-state index contributed by atoms with van der Waals surface area (Å²) in [5, 5.41) is 3.92. The Kier molecular flexibility index (Phi) is 4.79. The number of hydrogen-bond donors (Lipinski definition) is 0. The van der Waals surface area contributed by atoms with E-state index < -0.39 is 0 Å². The summed E-state index contributed by atoms with van der Waals surface area (Å²) >= 11 is 1.68. The van der Waals surface area contributed by atoms with Crippen LogP contribution < -0.4 is 0 Å². The second-order valence-electron chi connectivity index (χ2n) is 6.02. The Labute approximate surface area is 154 Å². The molecular weight excluding hydrogens is 355 g/mol. The second kappa shape index (κ2) is 7.37. The number of furan rings is 1. The van der Waals surface area contributed by atoms with Crippen LogP contribution in [-0.4, -0.2) is 34.8 Å². The molecule has 7 heteroatoms. The largest absolute Gasteiger partial charge is 0.461 e. The molecule has 1 amide bonds. The van der Waals surface area contributed by atoms with E-state index in [4.69, 9.17) is 8.94 Å². The Balaban J connectivity index is 1.46. The molecule has 0 aliphatic carbocycles. The Morgan fingerprint density at radius 3 is 2.88 bits per heavy atom. The molecule has 3 aromatic rings. The summed E-state index contributed by atoms with van der Waals surface area (Å²) in [5.41, 5.74) is 0.957. The average molecular weight is 372 g/mol. The van der Waals surface area contributed by atoms with E-state index in [1.807, 2.05) is 12.1 Å². The van der Waals surface area contributed by atoms with Crippen molar-refractivity contribution in [3.05, 3.63) is 65.8 Å². The van der Waals surface area contributed by atoms with Gasteiger partial charge in [0.2, 0.25) is 5.76 Å². The fraction of sp³-hybridized carbons (Fsp3) is 0.263. The zero-order valence-corrected chi connectivity index (χ0v) is 14.7. The molecule has 5 nitrogen and oxygen atoms in total. The van der Waals surface area contributed by atoms with Gasteiger partial charge in [0.1, 0.15) is 5.82 Å². The van der Waals surface area contributed by atoms with Crippen LogP contribution in [0.3, 0.4) is 0 Å². The summed E-state index contributed by atoms with van der Waals surface area (Å²) in [5.74, 6) is 1.33. The molecule has 1 aliphatic rings. The number of carbonyl (C=O) groups excluding carboxylic acids is 1. The molecule has 2 aromatic heterocycles. The van der Waals surface area contributed by atoms with E-state index >= 15 is 0 Å². The fourth-order valence-electron chi connectivity index (χ4n) is 3.03. The van der Waals surface area contributed by atoms with Crippen molar-refractivity contribution in [2.75, 3.05) is 18.8 Å². The third-order valence-electron chi connectivity index (χ3n) is 4.37. The monoisotopic (exact) mass is 372 g/mol. The lowest BCUT2D eigenvalue weighted by molar-refractivity contribution is 0.0756. The lowest BCUT2D eigenvalue weighted by Crippen LogP contribution is -2.33. The highest BCUT2D eigenvalue weighted by atomic mass is 32.2. The van der Waals surface area contributed by atoms with Gasteiger partial charge in [0.15, 0.2) is 11.5 Å². The van der Waals surface area contributed by atoms with E-state index in [-0.39, 0.29) is 22.7 Å². The van der Waals surface area contributed by atoms with Crippen LogP contribution >= 0.6 is 11.8 Å². The van der Waals surface area contributed by atoms with E-state index in [1.165, 1.54) is 12.3 Å². The molecule has 1 atom stereocenters. The minimum absolute atomic E-state index is 0.0463. The Bertz CT molecular complexity index is 894. The van der Waals surface area contributed by atoms with Gasteiger partial charge in [0.25, 0.3) is 5.91 Å². The van der Waals surface area contributed by atoms with Gasteiger partial charge in [0, 0.05) is 35.7 Å². The maximum absolute atomic E-state index is 14.0. The lowest BCUT2D eigenvalue weighted by Gasteiger charge is -2.19. The van der Waals surface area contributed by atoms with Crippen LogP contribution in [0.15, 0.2) is 57.7 Å². The molecular formula is C19H17FN2O3S. The molecule has 26 heavy (non-hydrogen) atoms. The predicted molar refractivity (Wildman–Crippen MR) is 96.3 cm³/mol. The summed E-state index contributed by atoms with van der Waals surface area (Å²) in [4.78, 5) is 14.5. The first-order valence-electron chi connectivity index (χ1n) is 8.38. The van der Waals surface area contributed by atoms with Gasteiger partial charge in [-0.15, -0.1) is 0 Å². The van der Waals surface area contributed by atoms with Crippen molar-refractivity contribution in [2.45, 2.75) is 11.7 Å². The number of benzene rings is 1. The van der Waals surface area contributed by atoms with Gasteiger partial charge >= 0.3 is 0 Å². The van der Waals surface area contributed by atoms with E-state index in [0.29, 0.717) is 36.6 Å². The topological polar surface area (TPSA) is 59.5 Å². The predicted octanol–water partition coefficient (Wildman–Crippen LogP) is 4.39. The van der Waals surface area contributed by atoms with Crippen LogP contribution in [0.5, 0.6) is 0 Å². The van der Waals surface area contributed by atoms with Gasteiger partial charge in [0.05, 0.1) is 6.26 Å². The van der Waals surface area contributed by atoms with Crippen LogP contribution in [0.25, 0.3) is 11.5 Å². The van der Waals surface area contributed by atoms with Gasteiger partial charge < -0.3 is 13.8 Å². The summed E-state index contributed by atoms with van der Waals surface area (Å²) in [6.45, 7) is 1.14. The summed E-state index contributed by atoms with van der Waals surface area (Å²) in [6.07, 6.45) is 2.23. The highest BCUT2D eigenvalue weighted by molar-refractivity contribution is 7.99. The van der Waals surface area contributed by atoms with E-state index in [9.17, 15) is 9.18 Å². The van der Waals surface area contributed by atoms with Crippen LogP contribution in [0.4, 0.5) is 4.39 Å². The molecule has 1 fully saturated rings. The van der Waals surface area contributed by atoms with Crippen LogP contribution in [-0.2, 0) is 0 Å². The smallest absolute Gasteiger partial charge is 0.276 e. The minimum Gasteiger partial charge on any atom is -0.461 e. The van der Waals surface area contributed by atoms with Crippen molar-refractivity contribution < 1.29 is 18.1 Å². The molecule has 3 heterocycles. The molecule has 1 aromatic carbocycles. The van der Waals surface area contributed by atoms with Gasteiger partial charge in [-0.1, -0.05) is 23.4 Å². The Morgan fingerprint density at radius 1 is 1.19 bits per heavy atom. The number of carbonyl (C=O) groups is 1. The summed E-state index contributed by atoms with van der Waals surface area (Å²) in [6, 6.07) is 11.9. The Morgan fingerprint density at radius 2 is 2.08 bits per heavy atom. The van der Waals surface area contributed by atoms with Crippen molar-refractivity contribution in [1.29, 1.82) is 0 Å². The fourth-order valence-corrected chi connectivity index (χ4v) is 4.28. The normalized spacial score (nSPS) is 17.9. The van der Waals surface area contributed by atoms with E-state index in [0.717, 1.165) is 5.75 Å². The SMILES string of the molecule is O=C(c1cc(-c2ccco2)on1)N1CCS[C@@H](c2ccccc2F)CC1. The second-order valence-corrected chi connectivity index (χ2v) is 7.33. The highest BCUT2D eigenvalue weighted by Crippen LogP contribution is 2.36. The van der Waals surface area contributed by atoms with E-state index in [2.05, 4.69) is 5.16 Å². The van der Waals surface area contributed by atoms with E-state index in [1.54, 1.807) is 40.9 Å². The molecule has 0 N–H and O–H groups in total. The number of aromatic nitrogens is 1. The molecule has 0 radical (unpaired) electrons. The zero-order valence-electron chi connectivity index (χ0n) is 13.9. The number of thioether (sulfide) groups is 1. The molecule has 1 aliphatic heterocycles. The van der Waals surface area contributed by atoms with Gasteiger partial charge in [-0.3, -0.25) is 4.79 Å².